The van der Waals surface area contributed by atoms with E-state index in [4.69, 9.17) is 16.3 Å². The molecule has 2 amide bonds. The maximum absolute atomic E-state index is 13.1. The number of thioether (sulfide) groups is 1. The molecule has 0 spiro atoms. The number of amides is 2. The topological polar surface area (TPSA) is 46.6 Å². The third-order valence-electron chi connectivity index (χ3n) is 5.57. The van der Waals surface area contributed by atoms with Gasteiger partial charge < -0.3 is 4.74 Å². The Balaban J connectivity index is 1.35. The molecule has 34 heavy (non-hydrogen) atoms. The summed E-state index contributed by atoms with van der Waals surface area (Å²) in [6.07, 6.45) is 1.72. The highest BCUT2D eigenvalue weighted by Gasteiger charge is 2.35. The van der Waals surface area contributed by atoms with Crippen molar-refractivity contribution < 1.29 is 14.3 Å². The van der Waals surface area contributed by atoms with Crippen molar-refractivity contribution in [1.29, 1.82) is 0 Å². The lowest BCUT2D eigenvalue weighted by atomic mass is 10.1. The van der Waals surface area contributed by atoms with E-state index in [0.29, 0.717) is 22.3 Å². The van der Waals surface area contributed by atoms with Crippen molar-refractivity contribution in [2.75, 3.05) is 0 Å². The molecule has 168 valence electrons. The second-order valence-electron chi connectivity index (χ2n) is 7.87. The third-order valence-corrected chi connectivity index (χ3v) is 6.85. The lowest BCUT2D eigenvalue weighted by Gasteiger charge is -2.13. The molecule has 0 radical (unpaired) electrons. The minimum absolute atomic E-state index is 0.234. The monoisotopic (exact) mass is 485 g/mol. The van der Waals surface area contributed by atoms with Gasteiger partial charge in [-0.3, -0.25) is 14.5 Å². The van der Waals surface area contributed by atoms with Crippen LogP contribution in [0.4, 0.5) is 4.79 Å². The fourth-order valence-corrected chi connectivity index (χ4v) is 4.82. The van der Waals surface area contributed by atoms with Crippen LogP contribution >= 0.6 is 23.4 Å². The van der Waals surface area contributed by atoms with Gasteiger partial charge in [-0.05, 0) is 52.4 Å². The summed E-state index contributed by atoms with van der Waals surface area (Å²) in [6.45, 7) is 0.533. The Hall–Kier alpha value is -3.54. The molecule has 1 heterocycles. The number of ether oxygens (including phenoxy) is 1. The van der Waals surface area contributed by atoms with Crippen LogP contribution in [-0.4, -0.2) is 16.0 Å². The first-order chi connectivity index (χ1) is 16.6. The summed E-state index contributed by atoms with van der Waals surface area (Å²) in [4.78, 5) is 27.4. The van der Waals surface area contributed by atoms with Crippen LogP contribution in [0.15, 0.2) is 95.9 Å². The summed E-state index contributed by atoms with van der Waals surface area (Å²) in [5.74, 6) is 0.313. The van der Waals surface area contributed by atoms with Gasteiger partial charge in [0.05, 0.1) is 11.4 Å². The number of benzene rings is 4. The van der Waals surface area contributed by atoms with Crippen LogP contribution in [0.2, 0.25) is 5.02 Å². The fourth-order valence-electron chi connectivity index (χ4n) is 3.80. The predicted molar refractivity (Wildman–Crippen MR) is 138 cm³/mol. The van der Waals surface area contributed by atoms with Crippen LogP contribution in [-0.2, 0) is 17.9 Å². The molecule has 0 atom stereocenters. The quantitative estimate of drug-likeness (QED) is 0.269. The van der Waals surface area contributed by atoms with E-state index in [1.165, 1.54) is 4.90 Å². The lowest BCUT2D eigenvalue weighted by Crippen LogP contribution is -2.27. The van der Waals surface area contributed by atoms with E-state index >= 15 is 0 Å². The Bertz CT molecular complexity index is 1430. The molecule has 4 nitrogen and oxygen atoms in total. The Morgan fingerprint density at radius 3 is 2.44 bits per heavy atom. The van der Waals surface area contributed by atoms with Crippen molar-refractivity contribution in [3.05, 3.63) is 118 Å². The van der Waals surface area contributed by atoms with E-state index in [1.54, 1.807) is 6.08 Å². The van der Waals surface area contributed by atoms with E-state index in [9.17, 15) is 9.59 Å². The molecule has 5 rings (SSSR count). The number of para-hydroxylation sites is 1. The van der Waals surface area contributed by atoms with E-state index in [2.05, 4.69) is 0 Å². The minimum Gasteiger partial charge on any atom is -0.488 e. The summed E-state index contributed by atoms with van der Waals surface area (Å²) in [5.41, 5.74) is 2.51. The zero-order valence-corrected chi connectivity index (χ0v) is 19.7. The smallest absolute Gasteiger partial charge is 0.293 e. The standard InChI is InChI=1S/C28H20ClNO3S/c29-24-11-5-3-10-23(24)18-33-25-12-6-4-9-22(25)16-26-27(31)30(28(32)34-26)17-19-13-14-20-7-1-2-8-21(20)15-19/h1-16H,17-18H2/b26-16+. The highest BCUT2D eigenvalue weighted by molar-refractivity contribution is 8.18. The second-order valence-corrected chi connectivity index (χ2v) is 9.27. The maximum atomic E-state index is 13.1. The zero-order valence-electron chi connectivity index (χ0n) is 18.1. The molecule has 0 aromatic heterocycles. The first-order valence-electron chi connectivity index (χ1n) is 10.8. The summed E-state index contributed by atoms with van der Waals surface area (Å²) >= 11 is 7.18. The molecule has 1 fully saturated rings. The van der Waals surface area contributed by atoms with Gasteiger partial charge in [-0.15, -0.1) is 0 Å². The first-order valence-corrected chi connectivity index (χ1v) is 12.0. The number of imide groups is 1. The molecule has 1 saturated heterocycles. The molecule has 4 aromatic carbocycles. The van der Waals surface area contributed by atoms with Gasteiger partial charge in [0.15, 0.2) is 0 Å². The van der Waals surface area contributed by atoms with Crippen molar-refractivity contribution in [2.45, 2.75) is 13.2 Å². The molecule has 1 aliphatic heterocycles. The van der Waals surface area contributed by atoms with Crippen molar-refractivity contribution in [1.82, 2.24) is 4.90 Å². The summed E-state index contributed by atoms with van der Waals surface area (Å²) < 4.78 is 5.99. The molecular weight excluding hydrogens is 466 g/mol. The fraction of sp³-hybridized carbons (Fsp3) is 0.0714. The number of fused-ring (bicyclic) bond motifs is 1. The molecule has 6 heteroatoms. The largest absolute Gasteiger partial charge is 0.488 e. The van der Waals surface area contributed by atoms with Gasteiger partial charge in [-0.2, -0.15) is 0 Å². The van der Waals surface area contributed by atoms with Gasteiger partial charge in [0, 0.05) is 16.1 Å². The normalized spacial score (nSPS) is 14.9. The van der Waals surface area contributed by atoms with Crippen LogP contribution < -0.4 is 4.74 Å². The van der Waals surface area contributed by atoms with Gasteiger partial charge >= 0.3 is 0 Å². The molecule has 0 N–H and O–H groups in total. The maximum Gasteiger partial charge on any atom is 0.293 e. The number of nitrogens with zero attached hydrogens (tertiary/aromatic N) is 1. The zero-order chi connectivity index (χ0) is 23.5. The van der Waals surface area contributed by atoms with Crippen LogP contribution in [0.1, 0.15) is 16.7 Å². The lowest BCUT2D eigenvalue weighted by molar-refractivity contribution is -0.123. The Labute approximate surface area is 206 Å². The van der Waals surface area contributed by atoms with Gasteiger partial charge in [0.1, 0.15) is 12.4 Å². The van der Waals surface area contributed by atoms with E-state index < -0.39 is 0 Å². The molecule has 4 aromatic rings. The average Bonchev–Trinajstić information content (AvgIpc) is 3.11. The number of halogens is 1. The SMILES string of the molecule is O=C1S/C(=C/c2ccccc2OCc2ccccc2Cl)C(=O)N1Cc1ccc2ccccc2c1. The molecule has 0 unspecified atom stereocenters. The van der Waals surface area contributed by atoms with Gasteiger partial charge in [0.2, 0.25) is 0 Å². The molecule has 0 saturated carbocycles. The molecule has 1 aliphatic rings. The summed E-state index contributed by atoms with van der Waals surface area (Å²) in [6, 6.07) is 28.9. The average molecular weight is 486 g/mol. The number of carbonyl (C=O) groups excluding carboxylic acids is 2. The summed E-state index contributed by atoms with van der Waals surface area (Å²) in [7, 11) is 0. The molecular formula is C28H20ClNO3S. The van der Waals surface area contributed by atoms with Crippen LogP contribution in [0.5, 0.6) is 5.75 Å². The Morgan fingerprint density at radius 2 is 1.59 bits per heavy atom. The third kappa shape index (κ3) is 4.72. The second kappa shape index (κ2) is 9.75. The van der Waals surface area contributed by atoms with E-state index in [0.717, 1.165) is 39.2 Å². The summed E-state index contributed by atoms with van der Waals surface area (Å²) in [5, 5.41) is 2.55. The van der Waals surface area contributed by atoms with Crippen molar-refractivity contribution in [2.24, 2.45) is 0 Å². The van der Waals surface area contributed by atoms with Crippen LogP contribution in [0.3, 0.4) is 0 Å². The number of carbonyl (C=O) groups is 2. The van der Waals surface area contributed by atoms with Crippen molar-refractivity contribution in [3.63, 3.8) is 0 Å². The van der Waals surface area contributed by atoms with E-state index in [-0.39, 0.29) is 17.7 Å². The molecule has 0 bridgehead atoms. The van der Waals surface area contributed by atoms with Gasteiger partial charge in [0.25, 0.3) is 11.1 Å². The van der Waals surface area contributed by atoms with E-state index in [1.807, 2.05) is 91.0 Å². The van der Waals surface area contributed by atoms with Gasteiger partial charge in [-0.1, -0.05) is 84.4 Å². The van der Waals surface area contributed by atoms with Crippen LogP contribution in [0, 0.1) is 0 Å². The first kappa shape index (κ1) is 22.3. The van der Waals surface area contributed by atoms with Crippen molar-refractivity contribution in [3.8, 4) is 5.75 Å². The highest BCUT2D eigenvalue weighted by atomic mass is 35.5. The Kier molecular flexibility index (Phi) is 6.39. The Morgan fingerprint density at radius 1 is 0.853 bits per heavy atom. The van der Waals surface area contributed by atoms with Crippen molar-refractivity contribution >= 4 is 51.4 Å². The molecule has 0 aliphatic carbocycles. The minimum atomic E-state index is -0.302. The van der Waals surface area contributed by atoms with Gasteiger partial charge in [-0.25, -0.2) is 0 Å². The number of hydrogen-bond acceptors (Lipinski definition) is 4. The highest BCUT2D eigenvalue weighted by Crippen LogP contribution is 2.35. The number of rotatable bonds is 6. The predicted octanol–water partition coefficient (Wildman–Crippen LogP) is 7.31. The van der Waals surface area contributed by atoms with Crippen LogP contribution in [0.25, 0.3) is 16.8 Å². The number of hydrogen-bond donors (Lipinski definition) is 0.